The molecule has 14 heavy (non-hydrogen) atoms. The molecule has 0 spiro atoms. The first kappa shape index (κ1) is 9.48. The zero-order valence-corrected chi connectivity index (χ0v) is 8.95. The van der Waals surface area contributed by atoms with Crippen molar-refractivity contribution in [3.63, 3.8) is 0 Å². The van der Waals surface area contributed by atoms with Crippen molar-refractivity contribution in [1.82, 2.24) is 4.57 Å². The number of nitrogens with zero attached hydrogens (tertiary/aromatic N) is 1. The smallest absolute Gasteiger partial charge is 0.408 e. The first-order valence-corrected chi connectivity index (χ1v) is 5.00. The normalized spacial score (nSPS) is 11.0. The van der Waals surface area contributed by atoms with E-state index in [0.29, 0.717) is 18.7 Å². The predicted molar refractivity (Wildman–Crippen MR) is 57.2 cm³/mol. The summed E-state index contributed by atoms with van der Waals surface area (Å²) in [7, 11) is 0. The number of hydrogen-bond acceptors (Lipinski definition) is 3. The molecule has 0 aliphatic heterocycles. The van der Waals surface area contributed by atoms with Gasteiger partial charge in [-0.2, -0.15) is 0 Å². The molecule has 2 rings (SSSR count). The Labute approximate surface area is 88.4 Å². The molecule has 0 amide bonds. The highest BCUT2D eigenvalue weighted by molar-refractivity contribution is 9.10. The minimum atomic E-state index is -0.358. The number of benzene rings is 1. The molecule has 1 heterocycles. The molecular weight excluding hydrogens is 248 g/mol. The van der Waals surface area contributed by atoms with Gasteiger partial charge in [-0.15, -0.1) is 0 Å². The zero-order chi connectivity index (χ0) is 10.1. The van der Waals surface area contributed by atoms with Crippen LogP contribution in [0.25, 0.3) is 11.1 Å². The molecule has 0 radical (unpaired) electrons. The maximum Gasteiger partial charge on any atom is 0.419 e. The van der Waals surface area contributed by atoms with Gasteiger partial charge in [0.25, 0.3) is 0 Å². The number of oxazole rings is 1. The zero-order valence-electron chi connectivity index (χ0n) is 7.37. The van der Waals surface area contributed by atoms with Gasteiger partial charge < -0.3 is 10.2 Å². The molecule has 0 aliphatic rings. The van der Waals surface area contributed by atoms with E-state index in [2.05, 4.69) is 15.9 Å². The van der Waals surface area contributed by atoms with Crippen LogP contribution in [-0.4, -0.2) is 11.1 Å². The standard InChI is InChI=1S/C9H9BrN2O2/c10-6-1-2-8-7(5-6)12(4-3-11)9(13)14-8/h1-2,5H,3-4,11H2. The molecule has 0 fully saturated rings. The van der Waals surface area contributed by atoms with Crippen molar-refractivity contribution >= 4 is 27.0 Å². The number of fused-ring (bicyclic) bond motifs is 1. The number of hydrogen-bond donors (Lipinski definition) is 1. The van der Waals surface area contributed by atoms with Gasteiger partial charge in [0.05, 0.1) is 5.52 Å². The van der Waals surface area contributed by atoms with Crippen molar-refractivity contribution in [1.29, 1.82) is 0 Å². The van der Waals surface area contributed by atoms with Gasteiger partial charge in [0.1, 0.15) is 0 Å². The largest absolute Gasteiger partial charge is 0.419 e. The molecule has 74 valence electrons. The fourth-order valence-corrected chi connectivity index (χ4v) is 1.73. The SMILES string of the molecule is NCCn1c(=O)oc2ccc(Br)cc21. The van der Waals surface area contributed by atoms with E-state index in [1.807, 2.05) is 12.1 Å². The number of nitrogens with two attached hydrogens (primary N) is 1. The summed E-state index contributed by atoms with van der Waals surface area (Å²) in [5.41, 5.74) is 6.77. The van der Waals surface area contributed by atoms with E-state index in [0.717, 1.165) is 9.99 Å². The summed E-state index contributed by atoms with van der Waals surface area (Å²) in [6.45, 7) is 0.892. The second-order valence-electron chi connectivity index (χ2n) is 2.92. The van der Waals surface area contributed by atoms with Gasteiger partial charge in [0.2, 0.25) is 0 Å². The van der Waals surface area contributed by atoms with E-state index in [9.17, 15) is 4.79 Å². The highest BCUT2D eigenvalue weighted by Crippen LogP contribution is 2.18. The number of aromatic nitrogens is 1. The van der Waals surface area contributed by atoms with Crippen LogP contribution in [0.15, 0.2) is 31.9 Å². The maximum absolute atomic E-state index is 11.4. The van der Waals surface area contributed by atoms with Crippen LogP contribution in [0.5, 0.6) is 0 Å². The van der Waals surface area contributed by atoms with E-state index in [1.54, 1.807) is 6.07 Å². The summed E-state index contributed by atoms with van der Waals surface area (Å²) in [6, 6.07) is 5.43. The Morgan fingerprint density at radius 2 is 2.29 bits per heavy atom. The molecule has 2 aromatic rings. The second-order valence-corrected chi connectivity index (χ2v) is 3.84. The molecule has 4 nitrogen and oxygen atoms in total. The van der Waals surface area contributed by atoms with Gasteiger partial charge in [-0.25, -0.2) is 4.79 Å². The average molecular weight is 257 g/mol. The van der Waals surface area contributed by atoms with Gasteiger partial charge in [0, 0.05) is 17.6 Å². The van der Waals surface area contributed by atoms with Crippen LogP contribution in [0.1, 0.15) is 0 Å². The molecule has 0 bridgehead atoms. The summed E-state index contributed by atoms with van der Waals surface area (Å²) in [4.78, 5) is 11.4. The van der Waals surface area contributed by atoms with Gasteiger partial charge in [-0.3, -0.25) is 4.57 Å². The summed E-state index contributed by atoms with van der Waals surface area (Å²) >= 11 is 3.34. The fraction of sp³-hybridized carbons (Fsp3) is 0.222. The molecule has 0 atom stereocenters. The van der Waals surface area contributed by atoms with E-state index >= 15 is 0 Å². The molecule has 0 saturated carbocycles. The summed E-state index contributed by atoms with van der Waals surface area (Å²) < 4.78 is 7.48. The van der Waals surface area contributed by atoms with E-state index in [4.69, 9.17) is 10.2 Å². The van der Waals surface area contributed by atoms with Crippen molar-refractivity contribution in [3.05, 3.63) is 33.2 Å². The lowest BCUT2D eigenvalue weighted by Gasteiger charge is -1.98. The number of halogens is 1. The van der Waals surface area contributed by atoms with E-state index in [-0.39, 0.29) is 5.76 Å². The first-order chi connectivity index (χ1) is 6.72. The molecular formula is C9H9BrN2O2. The highest BCUT2D eigenvalue weighted by atomic mass is 79.9. The topological polar surface area (TPSA) is 61.2 Å². The van der Waals surface area contributed by atoms with Crippen LogP contribution in [0.4, 0.5) is 0 Å². The van der Waals surface area contributed by atoms with Gasteiger partial charge in [-0.05, 0) is 18.2 Å². The molecule has 1 aromatic carbocycles. The molecule has 0 aliphatic carbocycles. The molecule has 0 unspecified atom stereocenters. The third kappa shape index (κ3) is 1.49. The van der Waals surface area contributed by atoms with Crippen molar-refractivity contribution in [2.75, 3.05) is 6.54 Å². The maximum atomic E-state index is 11.4. The second kappa shape index (κ2) is 3.59. The summed E-state index contributed by atoms with van der Waals surface area (Å²) in [5.74, 6) is -0.358. The van der Waals surface area contributed by atoms with Crippen LogP contribution in [-0.2, 0) is 6.54 Å². The van der Waals surface area contributed by atoms with Crippen molar-refractivity contribution in [2.45, 2.75) is 6.54 Å². The lowest BCUT2D eigenvalue weighted by molar-refractivity contribution is 0.507. The summed E-state index contributed by atoms with van der Waals surface area (Å²) in [5, 5.41) is 0. The van der Waals surface area contributed by atoms with E-state index in [1.165, 1.54) is 4.57 Å². The Morgan fingerprint density at radius 1 is 1.50 bits per heavy atom. The predicted octanol–water partition coefficient (Wildman–Crippen LogP) is 1.32. The van der Waals surface area contributed by atoms with E-state index < -0.39 is 0 Å². The van der Waals surface area contributed by atoms with Crippen LogP contribution >= 0.6 is 15.9 Å². The molecule has 1 aromatic heterocycles. The minimum Gasteiger partial charge on any atom is -0.408 e. The first-order valence-electron chi connectivity index (χ1n) is 4.21. The Morgan fingerprint density at radius 3 is 3.00 bits per heavy atom. The van der Waals surface area contributed by atoms with Crippen LogP contribution in [0.2, 0.25) is 0 Å². The van der Waals surface area contributed by atoms with Crippen molar-refractivity contribution < 1.29 is 4.42 Å². The van der Waals surface area contributed by atoms with Crippen molar-refractivity contribution in [3.8, 4) is 0 Å². The number of rotatable bonds is 2. The van der Waals surface area contributed by atoms with Crippen LogP contribution < -0.4 is 11.5 Å². The van der Waals surface area contributed by atoms with Crippen LogP contribution in [0, 0.1) is 0 Å². The Bertz CT molecular complexity index is 515. The monoisotopic (exact) mass is 256 g/mol. The van der Waals surface area contributed by atoms with Gasteiger partial charge in [0.15, 0.2) is 5.58 Å². The highest BCUT2D eigenvalue weighted by Gasteiger charge is 2.07. The quantitative estimate of drug-likeness (QED) is 0.882. The van der Waals surface area contributed by atoms with Gasteiger partial charge >= 0.3 is 5.76 Å². The Balaban J connectivity index is 2.73. The average Bonchev–Trinajstić information content (AvgIpc) is 2.45. The molecule has 0 saturated heterocycles. The minimum absolute atomic E-state index is 0.358. The third-order valence-electron chi connectivity index (χ3n) is 1.98. The Kier molecular flexibility index (Phi) is 2.43. The Hall–Kier alpha value is -1.07. The summed E-state index contributed by atoms with van der Waals surface area (Å²) in [6.07, 6.45) is 0. The lowest BCUT2D eigenvalue weighted by atomic mass is 10.3. The van der Waals surface area contributed by atoms with Gasteiger partial charge in [-0.1, -0.05) is 15.9 Å². The molecule has 5 heteroatoms. The lowest BCUT2D eigenvalue weighted by Crippen LogP contribution is -2.19. The third-order valence-corrected chi connectivity index (χ3v) is 2.48. The molecule has 2 N–H and O–H groups in total. The van der Waals surface area contributed by atoms with Crippen molar-refractivity contribution in [2.24, 2.45) is 5.73 Å². The van der Waals surface area contributed by atoms with Crippen LogP contribution in [0.3, 0.4) is 0 Å². The fourth-order valence-electron chi connectivity index (χ4n) is 1.38.